The summed E-state index contributed by atoms with van der Waals surface area (Å²) in [5.41, 5.74) is 2.21. The average Bonchev–Trinajstić information content (AvgIpc) is 3.20. The van der Waals surface area contributed by atoms with Crippen LogP contribution in [-0.4, -0.2) is 47.2 Å². The Morgan fingerprint density at radius 2 is 2.00 bits per heavy atom. The summed E-state index contributed by atoms with van der Waals surface area (Å²) in [7, 11) is 1.89. The van der Waals surface area contributed by atoms with Crippen LogP contribution < -0.4 is 0 Å². The number of fused-ring (bicyclic) bond motifs is 2. The van der Waals surface area contributed by atoms with Gasteiger partial charge in [0.25, 0.3) is 5.91 Å². The Bertz CT molecular complexity index is 681. The number of likely N-dealkylation sites (N-methyl/N-ethyl adjacent to an activating group) is 1. The number of carbonyl (C=O) groups is 1. The monoisotopic (exact) mass is 325 g/mol. The van der Waals surface area contributed by atoms with E-state index >= 15 is 0 Å². The summed E-state index contributed by atoms with van der Waals surface area (Å²) in [6, 6.07) is 8.81. The van der Waals surface area contributed by atoms with Crippen LogP contribution in [0.3, 0.4) is 0 Å². The van der Waals surface area contributed by atoms with Crippen molar-refractivity contribution in [3.8, 4) is 0 Å². The van der Waals surface area contributed by atoms with E-state index in [4.69, 9.17) is 4.99 Å². The Morgan fingerprint density at radius 1 is 1.25 bits per heavy atom. The quantitative estimate of drug-likeness (QED) is 0.857. The summed E-state index contributed by atoms with van der Waals surface area (Å²) >= 11 is 0. The molecule has 24 heavy (non-hydrogen) atoms. The van der Waals surface area contributed by atoms with Gasteiger partial charge in [-0.25, -0.2) is 0 Å². The number of nitrogens with zero attached hydrogens (tertiary/aromatic N) is 3. The molecule has 4 heteroatoms. The minimum atomic E-state index is -0.452. The zero-order chi connectivity index (χ0) is 16.9. The summed E-state index contributed by atoms with van der Waals surface area (Å²) in [4.78, 5) is 22.2. The summed E-state index contributed by atoms with van der Waals surface area (Å²) in [6.45, 7) is 7.30. The van der Waals surface area contributed by atoms with Crippen LogP contribution in [0.5, 0.6) is 0 Å². The number of carbonyl (C=O) groups excluding carboxylic acids is 1. The number of rotatable bonds is 3. The normalized spacial score (nSPS) is 32.7. The zero-order valence-corrected chi connectivity index (χ0v) is 15.0. The third-order valence-corrected chi connectivity index (χ3v) is 6.26. The predicted molar refractivity (Wildman–Crippen MR) is 95.9 cm³/mol. The van der Waals surface area contributed by atoms with E-state index in [0.29, 0.717) is 11.8 Å². The largest absolute Gasteiger partial charge is 0.302 e. The maximum atomic E-state index is 12.9. The Balaban J connectivity index is 1.52. The Kier molecular flexibility index (Phi) is 3.75. The molecule has 0 radical (unpaired) electrons. The second kappa shape index (κ2) is 5.69. The molecule has 0 unspecified atom stereocenters. The zero-order valence-electron chi connectivity index (χ0n) is 15.0. The molecule has 0 bridgehead atoms. The molecule has 0 aromatic heterocycles. The molecule has 1 aliphatic carbocycles. The fourth-order valence-electron chi connectivity index (χ4n) is 4.95. The number of benzene rings is 1. The first kappa shape index (κ1) is 15.8. The molecule has 4 nitrogen and oxygen atoms in total. The van der Waals surface area contributed by atoms with E-state index in [-0.39, 0.29) is 5.91 Å². The van der Waals surface area contributed by atoms with Crippen LogP contribution in [0.15, 0.2) is 29.3 Å². The van der Waals surface area contributed by atoms with E-state index in [9.17, 15) is 4.79 Å². The molecular weight excluding hydrogens is 298 g/mol. The van der Waals surface area contributed by atoms with Gasteiger partial charge in [-0.15, -0.1) is 0 Å². The van der Waals surface area contributed by atoms with Crippen LogP contribution in [0.4, 0.5) is 0 Å². The maximum absolute atomic E-state index is 12.9. The molecule has 2 fully saturated rings. The second-order valence-electron chi connectivity index (χ2n) is 7.75. The summed E-state index contributed by atoms with van der Waals surface area (Å²) < 4.78 is 0. The third-order valence-electron chi connectivity index (χ3n) is 6.26. The number of aryl methyl sites for hydroxylation is 1. The molecule has 4 rings (SSSR count). The third kappa shape index (κ3) is 2.31. The topological polar surface area (TPSA) is 35.9 Å². The lowest BCUT2D eigenvalue weighted by atomic mass is 9.85. The molecule has 2 heterocycles. The van der Waals surface area contributed by atoms with Gasteiger partial charge in [0.2, 0.25) is 0 Å². The average molecular weight is 325 g/mol. The molecular formula is C20H27N3O. The van der Waals surface area contributed by atoms with Gasteiger partial charge < -0.3 is 4.90 Å². The van der Waals surface area contributed by atoms with Crippen LogP contribution in [0, 0.1) is 18.8 Å². The first-order valence-electron chi connectivity index (χ1n) is 9.18. The summed E-state index contributed by atoms with van der Waals surface area (Å²) in [5, 5.41) is 0. The maximum Gasteiger partial charge on any atom is 0.255 e. The van der Waals surface area contributed by atoms with Crippen molar-refractivity contribution in [2.24, 2.45) is 16.8 Å². The fourth-order valence-corrected chi connectivity index (χ4v) is 4.95. The van der Waals surface area contributed by atoms with Gasteiger partial charge in [0.15, 0.2) is 0 Å². The standard InChI is InChI=1S/C20H27N3O/c1-4-18-21-20(19(24)22(18)3)10-9-16-12-23(13-17(16)20)11-15-7-5-14(2)6-8-15/h5-8,16-17H,4,9-13H2,1-3H3/t16-,17+,20-/m1/s1. The van der Waals surface area contributed by atoms with E-state index < -0.39 is 5.54 Å². The highest BCUT2D eigenvalue weighted by Gasteiger charge is 2.60. The lowest BCUT2D eigenvalue weighted by molar-refractivity contribution is -0.131. The van der Waals surface area contributed by atoms with Gasteiger partial charge in [-0.05, 0) is 31.2 Å². The van der Waals surface area contributed by atoms with Crippen LogP contribution >= 0.6 is 0 Å². The number of aliphatic imine (C=N–C) groups is 1. The van der Waals surface area contributed by atoms with E-state index in [2.05, 4.69) is 43.0 Å². The van der Waals surface area contributed by atoms with Crippen molar-refractivity contribution in [2.45, 2.75) is 45.2 Å². The molecule has 3 atom stereocenters. The van der Waals surface area contributed by atoms with E-state index in [1.807, 2.05) is 11.9 Å². The molecule has 1 saturated carbocycles. The van der Waals surface area contributed by atoms with E-state index in [1.54, 1.807) is 0 Å². The van der Waals surface area contributed by atoms with Crippen LogP contribution in [-0.2, 0) is 11.3 Å². The van der Waals surface area contributed by atoms with Crippen molar-refractivity contribution in [1.82, 2.24) is 9.80 Å². The van der Waals surface area contributed by atoms with Gasteiger partial charge in [0, 0.05) is 39.0 Å². The first-order chi connectivity index (χ1) is 11.5. The number of hydrogen-bond acceptors (Lipinski definition) is 3. The number of hydrogen-bond donors (Lipinski definition) is 0. The number of amidine groups is 1. The fraction of sp³-hybridized carbons (Fsp3) is 0.600. The van der Waals surface area contributed by atoms with Gasteiger partial charge in [-0.1, -0.05) is 36.8 Å². The highest BCUT2D eigenvalue weighted by Crippen LogP contribution is 2.50. The van der Waals surface area contributed by atoms with Crippen LogP contribution in [0.25, 0.3) is 0 Å². The molecule has 1 amide bonds. The van der Waals surface area contributed by atoms with Gasteiger partial charge in [0.05, 0.1) is 0 Å². The Labute approximate surface area is 144 Å². The van der Waals surface area contributed by atoms with Crippen molar-refractivity contribution in [3.05, 3.63) is 35.4 Å². The lowest BCUT2D eigenvalue weighted by Crippen LogP contribution is -2.45. The molecule has 1 aromatic rings. The molecule has 1 saturated heterocycles. The minimum Gasteiger partial charge on any atom is -0.302 e. The molecule has 128 valence electrons. The molecule has 0 N–H and O–H groups in total. The van der Waals surface area contributed by atoms with Gasteiger partial charge in [-0.2, -0.15) is 0 Å². The highest BCUT2D eigenvalue weighted by molar-refractivity contribution is 6.08. The van der Waals surface area contributed by atoms with Crippen LogP contribution in [0.2, 0.25) is 0 Å². The highest BCUT2D eigenvalue weighted by atomic mass is 16.2. The van der Waals surface area contributed by atoms with Crippen molar-refractivity contribution in [1.29, 1.82) is 0 Å². The van der Waals surface area contributed by atoms with Crippen molar-refractivity contribution < 1.29 is 4.79 Å². The van der Waals surface area contributed by atoms with Crippen molar-refractivity contribution in [3.63, 3.8) is 0 Å². The first-order valence-corrected chi connectivity index (χ1v) is 9.18. The number of likely N-dealkylation sites (tertiary alicyclic amines) is 1. The SMILES string of the molecule is CCC1=N[C@@]2(CC[C@@H]3CN(Cc4ccc(C)cc4)C[C@@H]32)C(=O)N1C. The molecule has 1 aromatic carbocycles. The van der Waals surface area contributed by atoms with Gasteiger partial charge in [-0.3, -0.25) is 14.7 Å². The molecule has 1 spiro atoms. The van der Waals surface area contributed by atoms with Gasteiger partial charge >= 0.3 is 0 Å². The Morgan fingerprint density at radius 3 is 2.67 bits per heavy atom. The lowest BCUT2D eigenvalue weighted by Gasteiger charge is -2.27. The van der Waals surface area contributed by atoms with Crippen molar-refractivity contribution in [2.75, 3.05) is 20.1 Å². The number of amides is 1. The summed E-state index contributed by atoms with van der Waals surface area (Å²) in [6.07, 6.45) is 2.91. The van der Waals surface area contributed by atoms with Crippen molar-refractivity contribution >= 4 is 11.7 Å². The van der Waals surface area contributed by atoms with E-state index in [0.717, 1.165) is 44.7 Å². The molecule has 3 aliphatic rings. The second-order valence-corrected chi connectivity index (χ2v) is 7.75. The summed E-state index contributed by atoms with van der Waals surface area (Å²) in [5.74, 6) is 2.22. The van der Waals surface area contributed by atoms with Crippen LogP contribution in [0.1, 0.15) is 37.3 Å². The molecule has 2 aliphatic heterocycles. The Hall–Kier alpha value is -1.68. The van der Waals surface area contributed by atoms with E-state index in [1.165, 1.54) is 11.1 Å². The minimum absolute atomic E-state index is 0.240. The smallest absolute Gasteiger partial charge is 0.255 e. The van der Waals surface area contributed by atoms with Gasteiger partial charge in [0.1, 0.15) is 11.4 Å². The predicted octanol–water partition coefficient (Wildman–Crippen LogP) is 2.86.